The third-order valence-electron chi connectivity index (χ3n) is 3.27. The van der Waals surface area contributed by atoms with Gasteiger partial charge in [-0.25, -0.2) is 4.79 Å². The molecule has 0 unspecified atom stereocenters. The summed E-state index contributed by atoms with van der Waals surface area (Å²) in [5.74, 6) is 0.207. The van der Waals surface area contributed by atoms with Crippen LogP contribution < -0.4 is 22.3 Å². The summed E-state index contributed by atoms with van der Waals surface area (Å²) in [7, 11) is 1.47. The van der Waals surface area contributed by atoms with E-state index in [0.29, 0.717) is 13.1 Å². The maximum atomic E-state index is 12.2. The molecular formula is C14H20N4O2S. The molecule has 0 spiro atoms. The van der Waals surface area contributed by atoms with Gasteiger partial charge in [0.25, 0.3) is 5.56 Å². The fourth-order valence-corrected chi connectivity index (χ4v) is 2.97. The summed E-state index contributed by atoms with van der Waals surface area (Å²) in [6, 6.07) is 4.04. The molecule has 0 atom stereocenters. The number of hydrogen-bond acceptors (Lipinski definition) is 5. The van der Waals surface area contributed by atoms with E-state index >= 15 is 0 Å². The SMILES string of the molecule is CCCn1c(N)c(NCc2ccc(C)s2)c(=O)n(C)c1=O. The van der Waals surface area contributed by atoms with E-state index in [1.54, 1.807) is 11.3 Å². The van der Waals surface area contributed by atoms with Gasteiger partial charge in [-0.2, -0.15) is 0 Å². The van der Waals surface area contributed by atoms with Crippen molar-refractivity contribution in [1.82, 2.24) is 9.13 Å². The number of thiophene rings is 1. The van der Waals surface area contributed by atoms with Crippen LogP contribution in [-0.4, -0.2) is 9.13 Å². The smallest absolute Gasteiger partial charge is 0.332 e. The average molecular weight is 308 g/mol. The highest BCUT2D eigenvalue weighted by atomic mass is 32.1. The number of aromatic nitrogens is 2. The standard InChI is InChI=1S/C14H20N4O2S/c1-4-7-18-12(15)11(13(19)17(3)14(18)20)16-8-10-6-5-9(2)21-10/h5-6,16H,4,7-8,15H2,1-3H3. The third-order valence-corrected chi connectivity index (χ3v) is 4.27. The van der Waals surface area contributed by atoms with E-state index in [1.807, 2.05) is 26.0 Å². The number of rotatable bonds is 5. The van der Waals surface area contributed by atoms with Gasteiger partial charge < -0.3 is 11.1 Å². The zero-order valence-electron chi connectivity index (χ0n) is 12.5. The molecule has 0 bridgehead atoms. The van der Waals surface area contributed by atoms with E-state index < -0.39 is 5.56 Å². The van der Waals surface area contributed by atoms with Crippen molar-refractivity contribution in [3.8, 4) is 0 Å². The van der Waals surface area contributed by atoms with Crippen molar-refractivity contribution in [2.45, 2.75) is 33.4 Å². The lowest BCUT2D eigenvalue weighted by Crippen LogP contribution is -2.40. The van der Waals surface area contributed by atoms with Crippen molar-refractivity contribution < 1.29 is 0 Å². The number of anilines is 2. The average Bonchev–Trinajstić information content (AvgIpc) is 2.87. The van der Waals surface area contributed by atoms with Gasteiger partial charge >= 0.3 is 5.69 Å². The van der Waals surface area contributed by atoms with Crippen LogP contribution in [0, 0.1) is 6.92 Å². The van der Waals surface area contributed by atoms with Crippen molar-refractivity contribution >= 4 is 22.8 Å². The zero-order chi connectivity index (χ0) is 15.6. The van der Waals surface area contributed by atoms with E-state index in [1.165, 1.54) is 16.5 Å². The summed E-state index contributed by atoms with van der Waals surface area (Å²) in [6.07, 6.45) is 0.770. The third kappa shape index (κ3) is 3.02. The van der Waals surface area contributed by atoms with Crippen molar-refractivity contribution in [1.29, 1.82) is 0 Å². The largest absolute Gasteiger partial charge is 0.383 e. The quantitative estimate of drug-likeness (QED) is 0.877. The molecule has 0 amide bonds. The van der Waals surface area contributed by atoms with Crippen LogP contribution in [0.2, 0.25) is 0 Å². The van der Waals surface area contributed by atoms with Gasteiger partial charge in [-0.05, 0) is 25.5 Å². The molecular weight excluding hydrogens is 288 g/mol. The molecule has 6 nitrogen and oxygen atoms in total. The summed E-state index contributed by atoms with van der Waals surface area (Å²) < 4.78 is 2.53. The zero-order valence-corrected chi connectivity index (χ0v) is 13.3. The molecule has 7 heteroatoms. The van der Waals surface area contributed by atoms with Crippen molar-refractivity contribution in [2.75, 3.05) is 11.1 Å². The van der Waals surface area contributed by atoms with Crippen LogP contribution >= 0.6 is 11.3 Å². The molecule has 2 heterocycles. The molecule has 2 aromatic heterocycles. The molecule has 0 aliphatic rings. The topological polar surface area (TPSA) is 82.0 Å². The Morgan fingerprint density at radius 1 is 1.33 bits per heavy atom. The Morgan fingerprint density at radius 3 is 2.62 bits per heavy atom. The second kappa shape index (κ2) is 6.17. The molecule has 0 aliphatic heterocycles. The van der Waals surface area contributed by atoms with Gasteiger partial charge in [0.2, 0.25) is 0 Å². The van der Waals surface area contributed by atoms with Crippen LogP contribution in [0.25, 0.3) is 0 Å². The first-order chi connectivity index (χ1) is 9.95. The lowest BCUT2D eigenvalue weighted by atomic mass is 10.3. The van der Waals surface area contributed by atoms with Crippen LogP contribution in [0.15, 0.2) is 21.7 Å². The van der Waals surface area contributed by atoms with E-state index in [0.717, 1.165) is 15.9 Å². The Morgan fingerprint density at radius 2 is 2.05 bits per heavy atom. The monoisotopic (exact) mass is 308 g/mol. The Labute approximate surface area is 126 Å². The van der Waals surface area contributed by atoms with Crippen molar-refractivity contribution in [3.63, 3.8) is 0 Å². The molecule has 0 aromatic carbocycles. The molecule has 0 saturated carbocycles. The first-order valence-electron chi connectivity index (χ1n) is 6.84. The Kier molecular flexibility index (Phi) is 4.52. The number of aryl methyl sites for hydroxylation is 1. The van der Waals surface area contributed by atoms with Crippen LogP contribution in [0.5, 0.6) is 0 Å². The van der Waals surface area contributed by atoms with E-state index in [4.69, 9.17) is 5.73 Å². The van der Waals surface area contributed by atoms with Gasteiger partial charge in [0.1, 0.15) is 11.5 Å². The molecule has 3 N–H and O–H groups in total. The molecule has 0 radical (unpaired) electrons. The Bertz CT molecular complexity index is 757. The summed E-state index contributed by atoms with van der Waals surface area (Å²) in [5, 5.41) is 3.07. The molecule has 21 heavy (non-hydrogen) atoms. The fourth-order valence-electron chi connectivity index (χ4n) is 2.14. The fraction of sp³-hybridized carbons (Fsp3) is 0.429. The molecule has 114 valence electrons. The van der Waals surface area contributed by atoms with E-state index in [2.05, 4.69) is 5.32 Å². The molecule has 0 saturated heterocycles. The van der Waals surface area contributed by atoms with Crippen molar-refractivity contribution in [3.05, 3.63) is 42.7 Å². The summed E-state index contributed by atoms with van der Waals surface area (Å²) in [4.78, 5) is 26.6. The number of nitrogen functional groups attached to an aromatic ring is 1. The van der Waals surface area contributed by atoms with Crippen LogP contribution in [-0.2, 0) is 20.1 Å². The lowest BCUT2D eigenvalue weighted by molar-refractivity contribution is 0.600. The molecule has 0 fully saturated rings. The van der Waals surface area contributed by atoms with Crippen LogP contribution in [0.1, 0.15) is 23.1 Å². The van der Waals surface area contributed by atoms with Gasteiger partial charge in [0.05, 0.1) is 0 Å². The van der Waals surface area contributed by atoms with Crippen molar-refractivity contribution in [2.24, 2.45) is 7.05 Å². The highest BCUT2D eigenvalue weighted by molar-refractivity contribution is 7.11. The van der Waals surface area contributed by atoms with Crippen LogP contribution in [0.3, 0.4) is 0 Å². The van der Waals surface area contributed by atoms with Gasteiger partial charge in [0, 0.05) is 29.9 Å². The van der Waals surface area contributed by atoms with Gasteiger partial charge in [-0.3, -0.25) is 13.9 Å². The number of nitrogens with two attached hydrogens (primary N) is 1. The molecule has 2 rings (SSSR count). The second-order valence-corrected chi connectivity index (χ2v) is 6.30. The summed E-state index contributed by atoms with van der Waals surface area (Å²) >= 11 is 1.66. The van der Waals surface area contributed by atoms with Crippen LogP contribution in [0.4, 0.5) is 11.5 Å². The second-order valence-electron chi connectivity index (χ2n) is 4.92. The first kappa shape index (κ1) is 15.4. The summed E-state index contributed by atoms with van der Waals surface area (Å²) in [6.45, 7) is 5.00. The number of nitrogens with one attached hydrogen (secondary N) is 1. The van der Waals surface area contributed by atoms with Gasteiger partial charge in [-0.1, -0.05) is 6.92 Å². The van der Waals surface area contributed by atoms with E-state index in [9.17, 15) is 9.59 Å². The highest BCUT2D eigenvalue weighted by Gasteiger charge is 2.14. The lowest BCUT2D eigenvalue weighted by Gasteiger charge is -2.15. The predicted molar refractivity (Wildman–Crippen MR) is 87.0 cm³/mol. The molecule has 0 aliphatic carbocycles. The summed E-state index contributed by atoms with van der Waals surface area (Å²) in [5.41, 5.74) is 5.52. The Balaban J connectivity index is 2.38. The maximum absolute atomic E-state index is 12.2. The van der Waals surface area contributed by atoms with E-state index in [-0.39, 0.29) is 17.2 Å². The molecule has 2 aromatic rings. The minimum absolute atomic E-state index is 0.207. The highest BCUT2D eigenvalue weighted by Crippen LogP contribution is 2.18. The van der Waals surface area contributed by atoms with Gasteiger partial charge in [0.15, 0.2) is 0 Å². The number of hydrogen-bond donors (Lipinski definition) is 2. The van der Waals surface area contributed by atoms with Gasteiger partial charge in [-0.15, -0.1) is 11.3 Å². The maximum Gasteiger partial charge on any atom is 0.332 e. The normalized spacial score (nSPS) is 10.8. The minimum atomic E-state index is -0.391. The predicted octanol–water partition coefficient (Wildman–Crippen LogP) is 1.52. The minimum Gasteiger partial charge on any atom is -0.383 e. The number of nitrogens with zero attached hydrogens (tertiary/aromatic N) is 2. The Hall–Kier alpha value is -2.02. The first-order valence-corrected chi connectivity index (χ1v) is 7.65.